The smallest absolute Gasteiger partial charge is 0.263 e. The van der Waals surface area contributed by atoms with E-state index in [0.29, 0.717) is 61.9 Å². The third-order valence-electron chi connectivity index (χ3n) is 6.04. The molecule has 1 aromatic heterocycles. The average molecular weight is 472 g/mol. The van der Waals surface area contributed by atoms with Gasteiger partial charge in [0.1, 0.15) is 17.1 Å². The minimum atomic E-state index is -0.660. The van der Waals surface area contributed by atoms with Gasteiger partial charge < -0.3 is 23.8 Å². The molecule has 33 heavy (non-hydrogen) atoms. The Morgan fingerprint density at radius 1 is 1.00 bits per heavy atom. The summed E-state index contributed by atoms with van der Waals surface area (Å²) in [6, 6.07) is 10.6. The lowest BCUT2D eigenvalue weighted by molar-refractivity contribution is -0.137. The largest absolute Gasteiger partial charge is 0.496 e. The third-order valence-corrected chi connectivity index (χ3v) is 6.98. The lowest BCUT2D eigenvalue weighted by Gasteiger charge is -2.28. The summed E-state index contributed by atoms with van der Waals surface area (Å²) in [5.74, 6) is 2.46. The van der Waals surface area contributed by atoms with Gasteiger partial charge in [0.2, 0.25) is 0 Å². The van der Waals surface area contributed by atoms with Gasteiger partial charge in [0.15, 0.2) is 6.10 Å². The first kappa shape index (κ1) is 23.2. The van der Waals surface area contributed by atoms with E-state index in [9.17, 15) is 14.4 Å². The summed E-state index contributed by atoms with van der Waals surface area (Å²) in [5, 5.41) is 0. The van der Waals surface area contributed by atoms with Gasteiger partial charge in [-0.05, 0) is 19.1 Å². The number of nitrogens with zero attached hydrogens (tertiary/aromatic N) is 3. The van der Waals surface area contributed by atoms with E-state index in [0.717, 1.165) is 11.5 Å². The van der Waals surface area contributed by atoms with Crippen molar-refractivity contribution in [2.75, 3.05) is 44.8 Å². The molecule has 1 fully saturated rings. The predicted octanol–water partition coefficient (Wildman–Crippen LogP) is 1.90. The lowest BCUT2D eigenvalue weighted by Crippen LogP contribution is -2.42. The highest BCUT2D eigenvalue weighted by Crippen LogP contribution is 2.26. The van der Waals surface area contributed by atoms with Crippen LogP contribution in [0.15, 0.2) is 41.2 Å². The number of benzene rings is 1. The number of pyridine rings is 1. The third kappa shape index (κ3) is 5.03. The van der Waals surface area contributed by atoms with E-state index >= 15 is 0 Å². The number of fused-ring (bicyclic) bond motifs is 1. The van der Waals surface area contributed by atoms with Crippen LogP contribution in [0.4, 0.5) is 0 Å². The van der Waals surface area contributed by atoms with E-state index in [-0.39, 0.29) is 17.4 Å². The van der Waals surface area contributed by atoms with E-state index in [2.05, 4.69) is 0 Å². The minimum absolute atomic E-state index is 0.114. The molecule has 0 radical (unpaired) electrons. The number of carbonyl (C=O) groups excluding carboxylic acids is 2. The quantitative estimate of drug-likeness (QED) is 0.663. The van der Waals surface area contributed by atoms with Crippen LogP contribution in [0.1, 0.15) is 23.0 Å². The highest BCUT2D eigenvalue weighted by atomic mass is 32.2. The zero-order chi connectivity index (χ0) is 23.4. The second kappa shape index (κ2) is 10.3. The van der Waals surface area contributed by atoms with Gasteiger partial charge in [0.25, 0.3) is 17.4 Å². The number of hydrogen-bond donors (Lipinski definition) is 0. The molecule has 176 valence electrons. The molecular formula is C24H29N3O5S. The van der Waals surface area contributed by atoms with Gasteiger partial charge in [0, 0.05) is 62.4 Å². The number of carbonyl (C=O) groups is 2. The zero-order valence-corrected chi connectivity index (χ0v) is 19.8. The summed E-state index contributed by atoms with van der Waals surface area (Å²) in [6.45, 7) is 4.15. The number of amides is 2. The Bertz CT molecular complexity index is 1070. The number of ether oxygens (including phenoxy) is 2. The van der Waals surface area contributed by atoms with E-state index in [1.807, 2.05) is 47.0 Å². The first-order valence-electron chi connectivity index (χ1n) is 11.2. The molecule has 0 spiro atoms. The molecule has 1 aromatic carbocycles. The number of aromatic nitrogens is 1. The van der Waals surface area contributed by atoms with E-state index in [4.69, 9.17) is 9.47 Å². The molecule has 1 atom stereocenters. The van der Waals surface area contributed by atoms with E-state index in [1.54, 1.807) is 16.4 Å². The summed E-state index contributed by atoms with van der Waals surface area (Å²) in [6.07, 6.45) is -0.272. The molecule has 0 bridgehead atoms. The molecule has 4 rings (SSSR count). The van der Waals surface area contributed by atoms with Crippen LogP contribution in [0.2, 0.25) is 0 Å². The molecule has 1 unspecified atom stereocenters. The van der Waals surface area contributed by atoms with Gasteiger partial charge in [-0.3, -0.25) is 14.4 Å². The number of hydrogen-bond acceptors (Lipinski definition) is 6. The fourth-order valence-corrected chi connectivity index (χ4v) is 5.20. The molecule has 2 aromatic rings. The maximum atomic E-state index is 13.4. The van der Waals surface area contributed by atoms with Crippen molar-refractivity contribution >= 4 is 23.6 Å². The van der Waals surface area contributed by atoms with Crippen molar-refractivity contribution in [3.05, 3.63) is 58.0 Å². The van der Waals surface area contributed by atoms with Crippen molar-refractivity contribution in [3.63, 3.8) is 0 Å². The normalized spacial score (nSPS) is 17.0. The monoisotopic (exact) mass is 471 g/mol. The molecule has 2 aliphatic rings. The highest BCUT2D eigenvalue weighted by molar-refractivity contribution is 7.99. The zero-order valence-electron chi connectivity index (χ0n) is 19.0. The van der Waals surface area contributed by atoms with Crippen molar-refractivity contribution in [3.8, 4) is 11.5 Å². The molecule has 0 saturated carbocycles. The topological polar surface area (TPSA) is 81.1 Å². The van der Waals surface area contributed by atoms with Gasteiger partial charge in [-0.1, -0.05) is 18.2 Å². The van der Waals surface area contributed by atoms with Gasteiger partial charge in [0.05, 0.1) is 7.11 Å². The first-order chi connectivity index (χ1) is 16.0. The van der Waals surface area contributed by atoms with Crippen LogP contribution < -0.4 is 15.0 Å². The van der Waals surface area contributed by atoms with E-state index < -0.39 is 6.10 Å². The number of para-hydroxylation sites is 1. The van der Waals surface area contributed by atoms with Crippen LogP contribution >= 0.6 is 11.8 Å². The second-order valence-corrected chi connectivity index (χ2v) is 9.30. The first-order valence-corrected chi connectivity index (χ1v) is 12.3. The van der Waals surface area contributed by atoms with Crippen molar-refractivity contribution in [2.45, 2.75) is 26.0 Å². The van der Waals surface area contributed by atoms with Crippen LogP contribution in [0.25, 0.3) is 0 Å². The van der Waals surface area contributed by atoms with Crippen LogP contribution in [0.3, 0.4) is 0 Å². The van der Waals surface area contributed by atoms with Crippen molar-refractivity contribution < 1.29 is 19.1 Å². The number of thioether (sulfide) groups is 1. The summed E-state index contributed by atoms with van der Waals surface area (Å²) >= 11 is 1.83. The maximum Gasteiger partial charge on any atom is 0.263 e. The summed E-state index contributed by atoms with van der Waals surface area (Å²) < 4.78 is 12.9. The predicted molar refractivity (Wildman–Crippen MR) is 127 cm³/mol. The molecule has 3 heterocycles. The molecule has 0 N–H and O–H groups in total. The SMILES string of the molecule is COc1cc(=O)n2c(c1C(=O)N1CCSCC1)CCN(C(=O)C(C)Oc1ccccc1)CC2. The Balaban J connectivity index is 1.57. The van der Waals surface area contributed by atoms with Crippen LogP contribution in [-0.4, -0.2) is 77.1 Å². The maximum absolute atomic E-state index is 13.4. The second-order valence-electron chi connectivity index (χ2n) is 8.08. The molecule has 9 heteroatoms. The Kier molecular flexibility index (Phi) is 7.27. The van der Waals surface area contributed by atoms with Gasteiger partial charge >= 0.3 is 0 Å². The molecule has 2 aliphatic heterocycles. The fraction of sp³-hybridized carbons (Fsp3) is 0.458. The highest BCUT2D eigenvalue weighted by Gasteiger charge is 2.31. The summed E-state index contributed by atoms with van der Waals surface area (Å²) in [5.41, 5.74) is 0.844. The van der Waals surface area contributed by atoms with Crippen molar-refractivity contribution in [1.82, 2.24) is 14.4 Å². The Morgan fingerprint density at radius 3 is 2.42 bits per heavy atom. The molecule has 2 amide bonds. The average Bonchev–Trinajstić information content (AvgIpc) is 3.08. The van der Waals surface area contributed by atoms with E-state index in [1.165, 1.54) is 13.2 Å². The molecule has 1 saturated heterocycles. The standard InChI is InChI=1S/C24H29N3O5S/c1-17(32-18-6-4-3-5-7-18)23(29)25-9-8-19-22(24(30)26-12-14-33-15-13-26)20(31-2)16-21(28)27(19)11-10-25/h3-7,16-17H,8-15H2,1-2H3. The Hall–Kier alpha value is -2.94. The van der Waals surface area contributed by atoms with Gasteiger partial charge in [-0.15, -0.1) is 0 Å². The number of methoxy groups -OCH3 is 1. The summed E-state index contributed by atoms with van der Waals surface area (Å²) in [7, 11) is 1.48. The van der Waals surface area contributed by atoms with Crippen LogP contribution in [0, 0.1) is 0 Å². The molecule has 8 nitrogen and oxygen atoms in total. The van der Waals surface area contributed by atoms with Crippen LogP contribution in [0.5, 0.6) is 11.5 Å². The summed E-state index contributed by atoms with van der Waals surface area (Å²) in [4.78, 5) is 42.9. The Labute approximate surface area is 197 Å². The minimum Gasteiger partial charge on any atom is -0.496 e. The van der Waals surface area contributed by atoms with Crippen molar-refractivity contribution in [2.24, 2.45) is 0 Å². The fourth-order valence-electron chi connectivity index (χ4n) is 4.30. The molecule has 0 aliphatic carbocycles. The van der Waals surface area contributed by atoms with Crippen LogP contribution in [-0.2, 0) is 17.8 Å². The Morgan fingerprint density at radius 2 is 1.73 bits per heavy atom. The van der Waals surface area contributed by atoms with Gasteiger partial charge in [-0.25, -0.2) is 0 Å². The molecular weight excluding hydrogens is 442 g/mol. The van der Waals surface area contributed by atoms with Gasteiger partial charge in [-0.2, -0.15) is 11.8 Å². The lowest BCUT2D eigenvalue weighted by atomic mass is 10.1. The number of rotatable bonds is 5. The van der Waals surface area contributed by atoms with Crippen molar-refractivity contribution in [1.29, 1.82) is 0 Å².